The number of hydrogen-bond donors (Lipinski definition) is 4. The summed E-state index contributed by atoms with van der Waals surface area (Å²) in [6.45, 7) is 8.10. The van der Waals surface area contributed by atoms with Gasteiger partial charge in [0.25, 0.3) is 5.91 Å². The number of primary amides is 1. The number of hydrogen-bond acceptors (Lipinski definition) is 4. The number of nitrogens with two attached hydrogens (primary N) is 1. The average molecular weight is 521 g/mol. The van der Waals surface area contributed by atoms with E-state index in [1.807, 2.05) is 32.9 Å². The van der Waals surface area contributed by atoms with Crippen LogP contribution >= 0.6 is 0 Å². The topological polar surface area (TPSA) is 113 Å². The lowest BCUT2D eigenvalue weighted by Crippen LogP contribution is -2.53. The molecule has 7 nitrogen and oxygen atoms in total. The van der Waals surface area contributed by atoms with Gasteiger partial charge in [-0.25, -0.2) is 0 Å². The van der Waals surface area contributed by atoms with Crippen molar-refractivity contribution in [2.45, 2.75) is 65.3 Å². The Kier molecular flexibility index (Phi) is 10.2. The van der Waals surface area contributed by atoms with Crippen LogP contribution in [0.25, 0.3) is 0 Å². The van der Waals surface area contributed by atoms with Gasteiger partial charge in [0, 0.05) is 18.2 Å². The van der Waals surface area contributed by atoms with Crippen molar-refractivity contribution in [3.05, 3.63) is 70.8 Å². The van der Waals surface area contributed by atoms with E-state index in [0.29, 0.717) is 12.6 Å². The zero-order valence-corrected chi connectivity index (χ0v) is 21.5. The van der Waals surface area contributed by atoms with Crippen molar-refractivity contribution in [2.24, 2.45) is 11.1 Å². The first kappa shape index (κ1) is 29.8. The van der Waals surface area contributed by atoms with Crippen molar-refractivity contribution in [3.63, 3.8) is 0 Å². The lowest BCUT2D eigenvalue weighted by atomic mass is 9.82. The number of halogens is 3. The van der Waals surface area contributed by atoms with Crippen LogP contribution in [-0.2, 0) is 28.7 Å². The van der Waals surface area contributed by atoms with Gasteiger partial charge in [0.1, 0.15) is 6.04 Å². The Morgan fingerprint density at radius 1 is 0.973 bits per heavy atom. The van der Waals surface area contributed by atoms with Crippen LogP contribution in [0.4, 0.5) is 13.2 Å². The molecule has 0 aliphatic rings. The molecule has 10 heteroatoms. The summed E-state index contributed by atoms with van der Waals surface area (Å²) < 4.78 is 38.7. The largest absolute Gasteiger partial charge is 0.416 e. The molecule has 202 valence electrons. The lowest BCUT2D eigenvalue weighted by Gasteiger charge is -2.34. The van der Waals surface area contributed by atoms with Gasteiger partial charge in [0.2, 0.25) is 11.8 Å². The van der Waals surface area contributed by atoms with Crippen LogP contribution in [0.3, 0.4) is 0 Å². The Labute approximate surface area is 215 Å². The third-order valence-corrected chi connectivity index (χ3v) is 6.04. The molecule has 0 saturated carbocycles. The van der Waals surface area contributed by atoms with E-state index in [1.54, 1.807) is 0 Å². The Morgan fingerprint density at radius 3 is 2.14 bits per heavy atom. The van der Waals surface area contributed by atoms with E-state index < -0.39 is 42.0 Å². The Morgan fingerprint density at radius 2 is 1.59 bits per heavy atom. The first-order chi connectivity index (χ1) is 17.2. The minimum absolute atomic E-state index is 0.198. The predicted molar refractivity (Wildman–Crippen MR) is 135 cm³/mol. The van der Waals surface area contributed by atoms with E-state index in [0.717, 1.165) is 24.1 Å². The van der Waals surface area contributed by atoms with Crippen molar-refractivity contribution >= 4 is 17.7 Å². The SMILES string of the molecule is CCc1ccc(CNC(CC(NC(=O)CNC(=O)c2cccc(C(F)(F)F)c2)C(N)=O)C(C)(C)C)cc1. The van der Waals surface area contributed by atoms with Gasteiger partial charge < -0.3 is 21.7 Å². The highest BCUT2D eigenvalue weighted by Gasteiger charge is 2.32. The molecule has 0 heterocycles. The maximum Gasteiger partial charge on any atom is 0.416 e. The van der Waals surface area contributed by atoms with E-state index in [-0.39, 0.29) is 23.4 Å². The fourth-order valence-corrected chi connectivity index (χ4v) is 3.70. The molecular formula is C27H35F3N4O3. The minimum atomic E-state index is -4.60. The highest BCUT2D eigenvalue weighted by atomic mass is 19.4. The molecular weight excluding hydrogens is 485 g/mol. The average Bonchev–Trinajstić information content (AvgIpc) is 2.83. The predicted octanol–water partition coefficient (Wildman–Crippen LogP) is 3.56. The lowest BCUT2D eigenvalue weighted by molar-refractivity contribution is -0.137. The van der Waals surface area contributed by atoms with Gasteiger partial charge >= 0.3 is 6.18 Å². The van der Waals surface area contributed by atoms with E-state index >= 15 is 0 Å². The summed E-state index contributed by atoms with van der Waals surface area (Å²) in [5.41, 5.74) is 6.36. The summed E-state index contributed by atoms with van der Waals surface area (Å²) in [5, 5.41) is 8.24. The number of alkyl halides is 3. The maximum absolute atomic E-state index is 12.9. The minimum Gasteiger partial charge on any atom is -0.368 e. The van der Waals surface area contributed by atoms with Gasteiger partial charge in [-0.3, -0.25) is 14.4 Å². The number of amides is 3. The van der Waals surface area contributed by atoms with Crippen molar-refractivity contribution < 1.29 is 27.6 Å². The second-order valence-corrected chi connectivity index (χ2v) is 9.99. The summed E-state index contributed by atoms with van der Waals surface area (Å²) in [4.78, 5) is 36.8. The van der Waals surface area contributed by atoms with Crippen LogP contribution in [0, 0.1) is 5.41 Å². The van der Waals surface area contributed by atoms with E-state index in [9.17, 15) is 27.6 Å². The van der Waals surface area contributed by atoms with Crippen LogP contribution in [0.15, 0.2) is 48.5 Å². The van der Waals surface area contributed by atoms with Gasteiger partial charge in [-0.2, -0.15) is 13.2 Å². The highest BCUT2D eigenvalue weighted by Crippen LogP contribution is 2.29. The summed E-state index contributed by atoms with van der Waals surface area (Å²) in [7, 11) is 0. The first-order valence-corrected chi connectivity index (χ1v) is 12.1. The smallest absolute Gasteiger partial charge is 0.368 e. The number of carbonyl (C=O) groups excluding carboxylic acids is 3. The second kappa shape index (κ2) is 12.7. The van der Waals surface area contributed by atoms with Gasteiger partial charge in [-0.15, -0.1) is 0 Å². The normalized spacial score (nSPS) is 13.5. The number of nitrogens with one attached hydrogen (secondary N) is 3. The first-order valence-electron chi connectivity index (χ1n) is 12.1. The number of carbonyl (C=O) groups is 3. The van der Waals surface area contributed by atoms with Gasteiger partial charge in [0.05, 0.1) is 12.1 Å². The molecule has 0 saturated heterocycles. The van der Waals surface area contributed by atoms with Crippen LogP contribution in [0.1, 0.15) is 61.2 Å². The third kappa shape index (κ3) is 9.53. The summed E-state index contributed by atoms with van der Waals surface area (Å²) in [6, 6.07) is 10.8. The molecule has 37 heavy (non-hydrogen) atoms. The molecule has 2 rings (SSSR count). The molecule has 0 aromatic heterocycles. The molecule has 0 aliphatic carbocycles. The van der Waals surface area contributed by atoms with Crippen molar-refractivity contribution in [3.8, 4) is 0 Å². The molecule has 2 atom stereocenters. The zero-order chi connectivity index (χ0) is 27.8. The summed E-state index contributed by atoms with van der Waals surface area (Å²) in [6.07, 6.45) is -3.45. The van der Waals surface area contributed by atoms with Crippen LogP contribution < -0.4 is 21.7 Å². The fourth-order valence-electron chi connectivity index (χ4n) is 3.70. The monoisotopic (exact) mass is 520 g/mol. The zero-order valence-electron chi connectivity index (χ0n) is 21.5. The molecule has 3 amide bonds. The Bertz CT molecular complexity index is 1080. The van der Waals surface area contributed by atoms with E-state index in [4.69, 9.17) is 5.73 Å². The fraction of sp³-hybridized carbons (Fsp3) is 0.444. The summed E-state index contributed by atoms with van der Waals surface area (Å²) >= 11 is 0. The number of aryl methyl sites for hydroxylation is 1. The maximum atomic E-state index is 12.9. The van der Waals surface area contributed by atoms with Crippen LogP contribution in [0.5, 0.6) is 0 Å². The standard InChI is InChI=1S/C27H35F3N4O3/c1-5-17-9-11-18(12-10-17)15-32-22(26(2,3)4)14-21(24(31)36)34-23(35)16-33-25(37)19-7-6-8-20(13-19)27(28,29)30/h6-13,21-22,32H,5,14-16H2,1-4H3,(H2,31,36)(H,33,37)(H,34,35). The van der Waals surface area contributed by atoms with Gasteiger partial charge in [-0.05, 0) is 47.6 Å². The summed E-state index contributed by atoms with van der Waals surface area (Å²) in [5.74, 6) is -2.27. The quantitative estimate of drug-likeness (QED) is 0.363. The Hall–Kier alpha value is -3.40. The van der Waals surface area contributed by atoms with Gasteiger partial charge in [0.15, 0.2) is 0 Å². The molecule has 0 aliphatic heterocycles. The second-order valence-electron chi connectivity index (χ2n) is 9.99. The molecule has 5 N–H and O–H groups in total. The van der Waals surface area contributed by atoms with Crippen molar-refractivity contribution in [1.29, 1.82) is 0 Å². The van der Waals surface area contributed by atoms with Crippen LogP contribution in [0.2, 0.25) is 0 Å². The van der Waals surface area contributed by atoms with Crippen molar-refractivity contribution in [1.82, 2.24) is 16.0 Å². The molecule has 0 spiro atoms. The molecule has 2 aromatic carbocycles. The van der Waals surface area contributed by atoms with Crippen molar-refractivity contribution in [2.75, 3.05) is 6.54 Å². The number of rotatable bonds is 11. The Balaban J connectivity index is 1.98. The third-order valence-electron chi connectivity index (χ3n) is 6.04. The molecule has 0 fully saturated rings. The molecule has 2 aromatic rings. The van der Waals surface area contributed by atoms with Gasteiger partial charge in [-0.1, -0.05) is 58.0 Å². The highest BCUT2D eigenvalue weighted by molar-refractivity contribution is 5.97. The molecule has 0 radical (unpaired) electrons. The molecule has 2 unspecified atom stereocenters. The van der Waals surface area contributed by atoms with E-state index in [1.165, 1.54) is 11.6 Å². The number of benzene rings is 2. The van der Waals surface area contributed by atoms with E-state index in [2.05, 4.69) is 35.0 Å². The molecule has 0 bridgehead atoms. The van der Waals surface area contributed by atoms with Crippen LogP contribution in [-0.4, -0.2) is 36.3 Å².